The van der Waals surface area contributed by atoms with Gasteiger partial charge in [0.2, 0.25) is 0 Å². The Kier molecular flexibility index (Phi) is 4.72. The van der Waals surface area contributed by atoms with Gasteiger partial charge in [-0.2, -0.15) is 5.10 Å². The second-order valence-electron chi connectivity index (χ2n) is 6.69. The van der Waals surface area contributed by atoms with Crippen LogP contribution in [0.15, 0.2) is 71.8 Å². The largest absolute Gasteiger partial charge is 0.338 e. The highest BCUT2D eigenvalue weighted by Crippen LogP contribution is 2.22. The molecule has 5 nitrogen and oxygen atoms in total. The van der Waals surface area contributed by atoms with E-state index in [4.69, 9.17) is 0 Å². The Balaban J connectivity index is 1.48. The van der Waals surface area contributed by atoms with Gasteiger partial charge in [0.1, 0.15) is 5.82 Å². The lowest BCUT2D eigenvalue weighted by molar-refractivity contribution is 0.0955. The number of aromatic nitrogens is 2. The zero-order valence-electron chi connectivity index (χ0n) is 15.7. The Hall–Kier alpha value is -3.73. The molecule has 3 aromatic carbocycles. The lowest BCUT2D eigenvalue weighted by Crippen LogP contribution is -2.17. The molecule has 1 aromatic heterocycles. The number of benzene rings is 3. The maximum Gasteiger partial charge on any atom is 0.271 e. The maximum absolute atomic E-state index is 12.3. The molecule has 0 aliphatic carbocycles. The third-order valence-corrected chi connectivity index (χ3v) is 4.69. The van der Waals surface area contributed by atoms with E-state index in [1.54, 1.807) is 18.3 Å². The number of aryl methyl sites for hydroxylation is 2. The van der Waals surface area contributed by atoms with Crippen molar-refractivity contribution in [1.82, 2.24) is 15.4 Å². The molecule has 1 heterocycles. The molecule has 28 heavy (non-hydrogen) atoms. The standard InChI is InChI=1S/C23H20N4O/c1-15-6-3-4-8-19(15)14-24-27-23(28)18-12-10-17(11-13-18)22-25-20-9-5-7-16(2)21(20)26-22/h3-14H,1-2H3,(H,25,26)(H,27,28)/b24-14+. The molecule has 0 radical (unpaired) electrons. The first-order chi connectivity index (χ1) is 13.6. The lowest BCUT2D eigenvalue weighted by Gasteiger charge is -2.02. The minimum absolute atomic E-state index is 0.253. The molecule has 0 aliphatic heterocycles. The van der Waals surface area contributed by atoms with Crippen molar-refractivity contribution in [1.29, 1.82) is 0 Å². The summed E-state index contributed by atoms with van der Waals surface area (Å²) in [5.41, 5.74) is 9.20. The summed E-state index contributed by atoms with van der Waals surface area (Å²) in [5.74, 6) is 0.533. The summed E-state index contributed by atoms with van der Waals surface area (Å²) in [6.07, 6.45) is 1.65. The molecule has 1 amide bonds. The number of nitrogens with zero attached hydrogens (tertiary/aromatic N) is 2. The lowest BCUT2D eigenvalue weighted by atomic mass is 10.1. The number of nitrogens with one attached hydrogen (secondary N) is 2. The van der Waals surface area contributed by atoms with Crippen LogP contribution in [-0.4, -0.2) is 22.1 Å². The molecular weight excluding hydrogens is 348 g/mol. The SMILES string of the molecule is Cc1ccccc1/C=N/NC(=O)c1ccc(-c2nc3c(C)cccc3[nH]2)cc1. The van der Waals surface area contributed by atoms with Crippen molar-refractivity contribution < 1.29 is 4.79 Å². The second kappa shape index (κ2) is 7.48. The van der Waals surface area contributed by atoms with Gasteiger partial charge in [0, 0.05) is 11.1 Å². The average molecular weight is 368 g/mol. The van der Waals surface area contributed by atoms with Gasteiger partial charge in [-0.1, -0.05) is 48.5 Å². The van der Waals surface area contributed by atoms with Gasteiger partial charge in [-0.3, -0.25) is 4.79 Å². The topological polar surface area (TPSA) is 70.1 Å². The molecule has 0 aliphatic rings. The van der Waals surface area contributed by atoms with Gasteiger partial charge in [0.15, 0.2) is 0 Å². The summed E-state index contributed by atoms with van der Waals surface area (Å²) in [4.78, 5) is 20.3. The van der Waals surface area contributed by atoms with Crippen molar-refractivity contribution in [3.8, 4) is 11.4 Å². The minimum Gasteiger partial charge on any atom is -0.338 e. The van der Waals surface area contributed by atoms with Crippen molar-refractivity contribution in [2.75, 3.05) is 0 Å². The molecule has 0 saturated heterocycles. The molecule has 4 rings (SSSR count). The summed E-state index contributed by atoms with van der Waals surface area (Å²) in [6.45, 7) is 4.04. The fraction of sp³-hybridized carbons (Fsp3) is 0.0870. The number of hydrogen-bond donors (Lipinski definition) is 2. The van der Waals surface area contributed by atoms with Gasteiger partial charge >= 0.3 is 0 Å². The first-order valence-corrected chi connectivity index (χ1v) is 9.06. The Bertz CT molecular complexity index is 1170. The Morgan fingerprint density at radius 3 is 2.46 bits per heavy atom. The zero-order valence-corrected chi connectivity index (χ0v) is 15.7. The van der Waals surface area contributed by atoms with E-state index in [1.807, 2.05) is 68.4 Å². The minimum atomic E-state index is -0.253. The van der Waals surface area contributed by atoms with Crippen LogP contribution in [-0.2, 0) is 0 Å². The number of hydrogen-bond acceptors (Lipinski definition) is 3. The molecule has 0 atom stereocenters. The third-order valence-electron chi connectivity index (χ3n) is 4.69. The number of para-hydroxylation sites is 1. The van der Waals surface area contributed by atoms with E-state index in [0.29, 0.717) is 5.56 Å². The fourth-order valence-corrected chi connectivity index (χ4v) is 3.05. The van der Waals surface area contributed by atoms with Gasteiger partial charge in [-0.15, -0.1) is 0 Å². The second-order valence-corrected chi connectivity index (χ2v) is 6.69. The maximum atomic E-state index is 12.3. The normalized spacial score (nSPS) is 11.2. The molecule has 0 unspecified atom stereocenters. The summed E-state index contributed by atoms with van der Waals surface area (Å²) in [5, 5.41) is 4.05. The summed E-state index contributed by atoms with van der Waals surface area (Å²) in [7, 11) is 0. The van der Waals surface area contributed by atoms with Crippen LogP contribution in [0.3, 0.4) is 0 Å². The van der Waals surface area contributed by atoms with Crippen LogP contribution in [0.2, 0.25) is 0 Å². The van der Waals surface area contributed by atoms with Crippen LogP contribution >= 0.6 is 0 Å². The number of carbonyl (C=O) groups excluding carboxylic acids is 1. The Morgan fingerprint density at radius 1 is 0.964 bits per heavy atom. The molecule has 0 saturated carbocycles. The number of fused-ring (bicyclic) bond motifs is 1. The number of carbonyl (C=O) groups is 1. The number of rotatable bonds is 4. The quantitative estimate of drug-likeness (QED) is 0.408. The molecule has 4 aromatic rings. The summed E-state index contributed by atoms with van der Waals surface area (Å²) >= 11 is 0. The van der Waals surface area contributed by atoms with Crippen molar-refractivity contribution in [2.24, 2.45) is 5.10 Å². The average Bonchev–Trinajstić information content (AvgIpc) is 3.15. The van der Waals surface area contributed by atoms with E-state index in [2.05, 4.69) is 20.5 Å². The molecule has 0 bridgehead atoms. The highest BCUT2D eigenvalue weighted by molar-refractivity contribution is 5.95. The molecule has 5 heteroatoms. The first kappa shape index (κ1) is 17.7. The molecule has 0 fully saturated rings. The smallest absolute Gasteiger partial charge is 0.271 e. The number of H-pyrrole nitrogens is 1. The van der Waals surface area contributed by atoms with Crippen LogP contribution in [0.25, 0.3) is 22.4 Å². The van der Waals surface area contributed by atoms with Crippen LogP contribution in [0, 0.1) is 13.8 Å². The molecule has 138 valence electrons. The van der Waals surface area contributed by atoms with E-state index in [9.17, 15) is 4.79 Å². The monoisotopic (exact) mass is 368 g/mol. The number of hydrazone groups is 1. The van der Waals surface area contributed by atoms with Crippen molar-refractivity contribution in [2.45, 2.75) is 13.8 Å². The number of amides is 1. The van der Waals surface area contributed by atoms with Crippen LogP contribution < -0.4 is 5.43 Å². The predicted molar refractivity (Wildman–Crippen MR) is 113 cm³/mol. The van der Waals surface area contributed by atoms with Crippen molar-refractivity contribution >= 4 is 23.2 Å². The third kappa shape index (κ3) is 3.55. The van der Waals surface area contributed by atoms with E-state index >= 15 is 0 Å². The van der Waals surface area contributed by atoms with Crippen LogP contribution in [0.4, 0.5) is 0 Å². The van der Waals surface area contributed by atoms with Crippen LogP contribution in [0.5, 0.6) is 0 Å². The van der Waals surface area contributed by atoms with E-state index in [1.165, 1.54) is 0 Å². The van der Waals surface area contributed by atoms with Gasteiger partial charge in [-0.25, -0.2) is 10.4 Å². The van der Waals surface area contributed by atoms with E-state index in [0.717, 1.165) is 39.1 Å². The van der Waals surface area contributed by atoms with Gasteiger partial charge in [0.25, 0.3) is 5.91 Å². The van der Waals surface area contributed by atoms with Gasteiger partial charge < -0.3 is 4.98 Å². The Morgan fingerprint density at radius 2 is 1.71 bits per heavy atom. The first-order valence-electron chi connectivity index (χ1n) is 9.06. The highest BCUT2D eigenvalue weighted by Gasteiger charge is 2.09. The van der Waals surface area contributed by atoms with E-state index in [-0.39, 0.29) is 5.91 Å². The predicted octanol–water partition coefficient (Wildman–Crippen LogP) is 4.61. The number of imidazole rings is 1. The molecular formula is C23H20N4O. The molecule has 0 spiro atoms. The fourth-order valence-electron chi connectivity index (χ4n) is 3.05. The van der Waals surface area contributed by atoms with Crippen molar-refractivity contribution in [3.05, 3.63) is 89.0 Å². The Labute approximate surface area is 163 Å². The zero-order chi connectivity index (χ0) is 19.5. The van der Waals surface area contributed by atoms with Gasteiger partial charge in [-0.05, 0) is 48.7 Å². The highest BCUT2D eigenvalue weighted by atomic mass is 16.2. The van der Waals surface area contributed by atoms with Gasteiger partial charge in [0.05, 0.1) is 17.2 Å². The summed E-state index contributed by atoms with van der Waals surface area (Å²) < 4.78 is 0. The van der Waals surface area contributed by atoms with E-state index < -0.39 is 0 Å². The van der Waals surface area contributed by atoms with Crippen LogP contribution in [0.1, 0.15) is 27.0 Å². The summed E-state index contributed by atoms with van der Waals surface area (Å²) in [6, 6.07) is 21.2. The molecule has 2 N–H and O–H groups in total. The van der Waals surface area contributed by atoms with Crippen molar-refractivity contribution in [3.63, 3.8) is 0 Å². The number of aromatic amines is 1.